The molecule has 2 aromatic rings. The molecule has 0 saturated carbocycles. The number of hydrogen-bond donors (Lipinski definition) is 1. The van der Waals surface area contributed by atoms with E-state index in [4.69, 9.17) is 0 Å². The van der Waals surface area contributed by atoms with E-state index in [0.717, 1.165) is 24.3 Å². The van der Waals surface area contributed by atoms with Gasteiger partial charge < -0.3 is 10.2 Å². The molecule has 136 valence electrons. The third-order valence-electron chi connectivity index (χ3n) is 4.87. The van der Waals surface area contributed by atoms with Crippen molar-refractivity contribution in [2.45, 2.75) is 25.8 Å². The molecule has 1 atom stereocenters. The van der Waals surface area contributed by atoms with E-state index in [1.807, 2.05) is 54.4 Å². The lowest BCUT2D eigenvalue weighted by molar-refractivity contribution is -0.118. The number of amides is 2. The van der Waals surface area contributed by atoms with Crippen molar-refractivity contribution >= 4 is 23.2 Å². The van der Waals surface area contributed by atoms with E-state index in [1.54, 1.807) is 4.90 Å². The highest BCUT2D eigenvalue weighted by molar-refractivity contribution is 5.96. The second kappa shape index (κ2) is 8.15. The fraction of sp³-hybridized carbons (Fsp3) is 0.333. The number of carbonyl (C=O) groups excluding carboxylic acids is 2. The number of hydrogen-bond acceptors (Lipinski definition) is 3. The summed E-state index contributed by atoms with van der Waals surface area (Å²) in [6.07, 6.45) is 1.52. The molecule has 5 heteroatoms. The van der Waals surface area contributed by atoms with Crippen LogP contribution in [0.25, 0.3) is 0 Å². The van der Waals surface area contributed by atoms with Gasteiger partial charge in [0.15, 0.2) is 0 Å². The van der Waals surface area contributed by atoms with E-state index < -0.39 is 0 Å². The third-order valence-corrected chi connectivity index (χ3v) is 4.87. The first kappa shape index (κ1) is 18.1. The van der Waals surface area contributed by atoms with Gasteiger partial charge in [0.1, 0.15) is 0 Å². The van der Waals surface area contributed by atoms with Gasteiger partial charge in [-0.15, -0.1) is 0 Å². The molecule has 26 heavy (non-hydrogen) atoms. The molecule has 0 radical (unpaired) electrons. The number of carbonyl (C=O) groups is 2. The maximum atomic E-state index is 12.3. The minimum absolute atomic E-state index is 0.0553. The van der Waals surface area contributed by atoms with Crippen molar-refractivity contribution in [1.29, 1.82) is 0 Å². The van der Waals surface area contributed by atoms with Crippen LogP contribution in [0.5, 0.6) is 0 Å². The average Bonchev–Trinajstić information content (AvgIpc) is 3.08. The zero-order chi connectivity index (χ0) is 18.5. The minimum Gasteiger partial charge on any atom is -0.325 e. The lowest BCUT2D eigenvalue weighted by Gasteiger charge is -2.24. The van der Waals surface area contributed by atoms with Gasteiger partial charge in [-0.3, -0.25) is 14.5 Å². The zero-order valence-corrected chi connectivity index (χ0v) is 15.3. The Kier molecular flexibility index (Phi) is 5.68. The van der Waals surface area contributed by atoms with Gasteiger partial charge in [-0.2, -0.15) is 0 Å². The summed E-state index contributed by atoms with van der Waals surface area (Å²) in [5.41, 5.74) is 2.81. The number of benzene rings is 2. The van der Waals surface area contributed by atoms with Gasteiger partial charge in [0, 0.05) is 30.4 Å². The van der Waals surface area contributed by atoms with Gasteiger partial charge in [-0.1, -0.05) is 30.3 Å². The molecule has 0 spiro atoms. The second-order valence-corrected chi connectivity index (χ2v) is 6.75. The summed E-state index contributed by atoms with van der Waals surface area (Å²) in [5.74, 6) is 0.110. The van der Waals surface area contributed by atoms with Crippen LogP contribution in [0.4, 0.5) is 11.4 Å². The summed E-state index contributed by atoms with van der Waals surface area (Å²) >= 11 is 0. The molecule has 0 unspecified atom stereocenters. The molecule has 1 heterocycles. The second-order valence-electron chi connectivity index (χ2n) is 6.75. The monoisotopic (exact) mass is 351 g/mol. The molecule has 3 rings (SSSR count). The first-order valence-corrected chi connectivity index (χ1v) is 9.00. The third kappa shape index (κ3) is 4.29. The molecule has 2 aromatic carbocycles. The first-order chi connectivity index (χ1) is 12.5. The number of anilines is 2. The van der Waals surface area contributed by atoms with Crippen LogP contribution in [0.15, 0.2) is 54.6 Å². The van der Waals surface area contributed by atoms with Crippen molar-refractivity contribution in [3.05, 3.63) is 60.2 Å². The van der Waals surface area contributed by atoms with Crippen LogP contribution in [0.2, 0.25) is 0 Å². The van der Waals surface area contributed by atoms with Crippen molar-refractivity contribution in [2.24, 2.45) is 0 Å². The molecule has 1 N–H and O–H groups in total. The van der Waals surface area contributed by atoms with Crippen LogP contribution in [0, 0.1) is 0 Å². The maximum absolute atomic E-state index is 12.3. The molecule has 0 aromatic heterocycles. The van der Waals surface area contributed by atoms with Crippen LogP contribution in [0.3, 0.4) is 0 Å². The highest BCUT2D eigenvalue weighted by Crippen LogP contribution is 2.23. The van der Waals surface area contributed by atoms with E-state index in [1.165, 1.54) is 5.56 Å². The fourth-order valence-corrected chi connectivity index (χ4v) is 3.20. The van der Waals surface area contributed by atoms with Gasteiger partial charge in [0.25, 0.3) is 0 Å². The Bertz CT molecular complexity index is 759. The van der Waals surface area contributed by atoms with Crippen LogP contribution < -0.4 is 10.2 Å². The number of likely N-dealkylation sites (N-methyl/N-ethyl adjacent to an activating group) is 1. The van der Waals surface area contributed by atoms with Crippen molar-refractivity contribution < 1.29 is 9.59 Å². The lowest BCUT2D eigenvalue weighted by Crippen LogP contribution is -2.32. The number of nitrogens with one attached hydrogen (secondary N) is 1. The summed E-state index contributed by atoms with van der Waals surface area (Å²) in [4.78, 5) is 27.9. The number of nitrogens with zero attached hydrogens (tertiary/aromatic N) is 2. The Balaban J connectivity index is 1.55. The predicted octanol–water partition coefficient (Wildman–Crippen LogP) is 3.44. The van der Waals surface area contributed by atoms with Gasteiger partial charge in [-0.25, -0.2) is 0 Å². The smallest absolute Gasteiger partial charge is 0.238 e. The Morgan fingerprint density at radius 3 is 2.46 bits per heavy atom. The summed E-state index contributed by atoms with van der Waals surface area (Å²) in [5, 5.41) is 2.92. The van der Waals surface area contributed by atoms with E-state index in [0.29, 0.717) is 13.0 Å². The molecular formula is C21H25N3O2. The van der Waals surface area contributed by atoms with Crippen molar-refractivity contribution in [1.82, 2.24) is 4.90 Å². The fourth-order valence-electron chi connectivity index (χ4n) is 3.20. The topological polar surface area (TPSA) is 52.7 Å². The van der Waals surface area contributed by atoms with Gasteiger partial charge in [0.2, 0.25) is 11.8 Å². The van der Waals surface area contributed by atoms with Crippen LogP contribution in [-0.4, -0.2) is 36.9 Å². The van der Waals surface area contributed by atoms with Crippen molar-refractivity contribution in [2.75, 3.05) is 30.4 Å². The number of rotatable bonds is 6. The molecule has 0 bridgehead atoms. The van der Waals surface area contributed by atoms with Crippen molar-refractivity contribution in [3.8, 4) is 0 Å². The van der Waals surface area contributed by atoms with Crippen LogP contribution in [-0.2, 0) is 9.59 Å². The zero-order valence-electron chi connectivity index (χ0n) is 15.3. The minimum atomic E-state index is -0.0553. The van der Waals surface area contributed by atoms with E-state index in [9.17, 15) is 9.59 Å². The largest absolute Gasteiger partial charge is 0.325 e. The normalized spacial score (nSPS) is 15.3. The van der Waals surface area contributed by atoms with Crippen molar-refractivity contribution in [3.63, 3.8) is 0 Å². The van der Waals surface area contributed by atoms with E-state index in [2.05, 4.69) is 24.4 Å². The maximum Gasteiger partial charge on any atom is 0.238 e. The molecular weight excluding hydrogens is 326 g/mol. The molecule has 1 aliphatic heterocycles. The highest BCUT2D eigenvalue weighted by atomic mass is 16.2. The van der Waals surface area contributed by atoms with Gasteiger partial charge in [-0.05, 0) is 50.2 Å². The molecule has 2 amide bonds. The van der Waals surface area contributed by atoms with Crippen LogP contribution in [0.1, 0.15) is 31.4 Å². The Morgan fingerprint density at radius 2 is 1.85 bits per heavy atom. The Hall–Kier alpha value is -2.66. The molecule has 5 nitrogen and oxygen atoms in total. The lowest BCUT2D eigenvalue weighted by atomic mass is 10.1. The van der Waals surface area contributed by atoms with Gasteiger partial charge in [0.05, 0.1) is 6.54 Å². The Labute approximate surface area is 154 Å². The summed E-state index contributed by atoms with van der Waals surface area (Å²) < 4.78 is 0. The SMILES string of the molecule is C[C@H](c1ccccc1)N(C)CC(=O)Nc1ccc(N2CCCC2=O)cc1. The molecule has 1 aliphatic rings. The highest BCUT2D eigenvalue weighted by Gasteiger charge is 2.21. The predicted molar refractivity (Wildman–Crippen MR) is 104 cm³/mol. The molecule has 0 aliphatic carbocycles. The quantitative estimate of drug-likeness (QED) is 0.867. The average molecular weight is 351 g/mol. The van der Waals surface area contributed by atoms with Gasteiger partial charge >= 0.3 is 0 Å². The first-order valence-electron chi connectivity index (χ1n) is 9.00. The summed E-state index contributed by atoms with van der Waals surface area (Å²) in [7, 11) is 1.94. The standard InChI is InChI=1S/C21H25N3O2/c1-16(17-7-4-3-5-8-17)23(2)15-20(25)22-18-10-12-19(13-11-18)24-14-6-9-21(24)26/h3-5,7-8,10-13,16H,6,9,14-15H2,1-2H3,(H,22,25)/t16-/m1/s1. The van der Waals surface area contributed by atoms with E-state index >= 15 is 0 Å². The van der Waals surface area contributed by atoms with E-state index in [-0.39, 0.29) is 17.9 Å². The molecule has 1 saturated heterocycles. The summed E-state index contributed by atoms with van der Waals surface area (Å²) in [6, 6.07) is 17.8. The molecule has 1 fully saturated rings. The summed E-state index contributed by atoms with van der Waals surface area (Å²) in [6.45, 7) is 3.17. The van der Waals surface area contributed by atoms with Crippen LogP contribution >= 0.6 is 0 Å². The Morgan fingerprint density at radius 1 is 1.15 bits per heavy atom.